The summed E-state index contributed by atoms with van der Waals surface area (Å²) in [6, 6.07) is 4.57. The number of fused-ring (bicyclic) bond motifs is 1. The van der Waals surface area contributed by atoms with Crippen LogP contribution in [0.5, 0.6) is 0 Å². The minimum atomic E-state index is -0.487. The van der Waals surface area contributed by atoms with Crippen LogP contribution in [0.4, 0.5) is 21.8 Å². The summed E-state index contributed by atoms with van der Waals surface area (Å²) in [5.74, 6) is 2.02. The number of hydrogen-bond acceptors (Lipinski definition) is 9. The van der Waals surface area contributed by atoms with Crippen LogP contribution in [-0.4, -0.2) is 55.9 Å². The molecule has 8 nitrogen and oxygen atoms in total. The number of nitrogens with zero attached hydrogens (tertiary/aromatic N) is 4. The first-order valence-corrected chi connectivity index (χ1v) is 12.8. The lowest BCUT2D eigenvalue weighted by Gasteiger charge is -2.31. The molecule has 1 saturated heterocycles. The van der Waals surface area contributed by atoms with Gasteiger partial charge in [-0.15, -0.1) is 11.8 Å². The topological polar surface area (TPSA) is 105 Å². The normalized spacial score (nSPS) is 22.9. The first-order chi connectivity index (χ1) is 16.6. The largest absolute Gasteiger partial charge is 0.351 e. The number of Topliss-reactive ketones (excluding diaryl/α,β-unsaturated/α-hetero) is 1. The van der Waals surface area contributed by atoms with E-state index in [4.69, 9.17) is 11.6 Å². The van der Waals surface area contributed by atoms with E-state index < -0.39 is 5.82 Å². The predicted octanol–water partition coefficient (Wildman–Crippen LogP) is 4.20. The Morgan fingerprint density at radius 1 is 1.18 bits per heavy atom. The van der Waals surface area contributed by atoms with E-state index in [9.17, 15) is 9.18 Å². The highest BCUT2D eigenvalue weighted by Gasteiger charge is 2.32. The predicted molar refractivity (Wildman–Crippen MR) is 133 cm³/mol. The van der Waals surface area contributed by atoms with E-state index in [0.717, 1.165) is 44.5 Å². The number of nitrogens with one attached hydrogen (secondary N) is 3. The van der Waals surface area contributed by atoms with Gasteiger partial charge < -0.3 is 16.0 Å². The molecular formula is C23H25ClFN7OS. The second-order valence-corrected chi connectivity index (χ2v) is 10.3. The van der Waals surface area contributed by atoms with Crippen LogP contribution in [0.25, 0.3) is 11.0 Å². The molecule has 1 saturated carbocycles. The Balaban J connectivity index is 1.25. The van der Waals surface area contributed by atoms with Crippen LogP contribution in [0.1, 0.15) is 25.7 Å². The summed E-state index contributed by atoms with van der Waals surface area (Å²) in [5.41, 5.74) is 1.73. The lowest BCUT2D eigenvalue weighted by molar-refractivity contribution is -0.123. The van der Waals surface area contributed by atoms with Gasteiger partial charge in [0.25, 0.3) is 0 Å². The van der Waals surface area contributed by atoms with E-state index in [-0.39, 0.29) is 22.2 Å². The first kappa shape index (κ1) is 23.2. The molecule has 1 aliphatic heterocycles. The van der Waals surface area contributed by atoms with Gasteiger partial charge in [-0.2, -0.15) is 0 Å². The number of carbonyl (C=O) groups is 1. The number of thioether (sulfide) groups is 1. The molecule has 34 heavy (non-hydrogen) atoms. The first-order valence-electron chi connectivity index (χ1n) is 11.4. The second kappa shape index (κ2) is 10.4. The van der Waals surface area contributed by atoms with E-state index >= 15 is 0 Å². The van der Waals surface area contributed by atoms with Gasteiger partial charge >= 0.3 is 0 Å². The monoisotopic (exact) mass is 501 g/mol. The van der Waals surface area contributed by atoms with Crippen LogP contribution in [0.2, 0.25) is 5.02 Å². The van der Waals surface area contributed by atoms with Gasteiger partial charge in [0.1, 0.15) is 29.0 Å². The minimum absolute atomic E-state index is 0.0211. The Labute approximate surface area is 205 Å². The zero-order valence-corrected chi connectivity index (χ0v) is 20.0. The fraction of sp³-hybridized carbons (Fsp3) is 0.435. The van der Waals surface area contributed by atoms with Crippen molar-refractivity contribution < 1.29 is 9.18 Å². The van der Waals surface area contributed by atoms with Crippen molar-refractivity contribution in [3.05, 3.63) is 41.6 Å². The van der Waals surface area contributed by atoms with Gasteiger partial charge in [0.05, 0.1) is 16.5 Å². The lowest BCUT2D eigenvalue weighted by Crippen LogP contribution is -2.41. The van der Waals surface area contributed by atoms with Crippen LogP contribution in [0, 0.1) is 11.7 Å². The molecule has 1 unspecified atom stereocenters. The van der Waals surface area contributed by atoms with E-state index in [1.54, 1.807) is 24.0 Å². The molecule has 11 heteroatoms. The van der Waals surface area contributed by atoms with Gasteiger partial charge in [-0.25, -0.2) is 24.3 Å². The van der Waals surface area contributed by atoms with Gasteiger partial charge in [-0.05, 0) is 43.9 Å². The van der Waals surface area contributed by atoms with Gasteiger partial charge in [-0.3, -0.25) is 4.79 Å². The van der Waals surface area contributed by atoms with Gasteiger partial charge in [0, 0.05) is 36.5 Å². The standard InChI is InChI=1S/C23H25ClFN7OS/c24-16-9-15(5-6-17(16)25)30-22-20-18(28-12-29-22)10-27-23(32-20)31-14-3-1-13(2-4-14)21(33)19-11-26-7-8-34-19/h5-6,9-10,12-14,19,26H,1-4,7-8,11H2,(H,27,31,32)(H,28,29,30). The number of benzene rings is 1. The summed E-state index contributed by atoms with van der Waals surface area (Å²) in [4.78, 5) is 30.4. The molecule has 1 atom stereocenters. The van der Waals surface area contributed by atoms with Gasteiger partial charge in [0.15, 0.2) is 5.82 Å². The van der Waals surface area contributed by atoms with Crippen molar-refractivity contribution in [2.75, 3.05) is 29.5 Å². The highest BCUT2D eigenvalue weighted by molar-refractivity contribution is 8.00. The molecule has 2 aromatic heterocycles. The Kier molecular flexibility index (Phi) is 7.07. The van der Waals surface area contributed by atoms with Crippen molar-refractivity contribution >= 4 is 57.6 Å². The SMILES string of the molecule is O=C(C1CCC(Nc2ncc3ncnc(Nc4ccc(F)c(Cl)c4)c3n2)CC1)C1CNCCS1. The van der Waals surface area contributed by atoms with Crippen molar-refractivity contribution in [3.63, 3.8) is 0 Å². The van der Waals surface area contributed by atoms with Crippen molar-refractivity contribution in [1.29, 1.82) is 0 Å². The van der Waals surface area contributed by atoms with E-state index in [2.05, 4.69) is 35.9 Å². The smallest absolute Gasteiger partial charge is 0.223 e. The fourth-order valence-corrected chi connectivity index (χ4v) is 5.76. The van der Waals surface area contributed by atoms with Crippen LogP contribution >= 0.6 is 23.4 Å². The van der Waals surface area contributed by atoms with E-state index in [1.807, 2.05) is 0 Å². The molecule has 3 N–H and O–H groups in total. The lowest BCUT2D eigenvalue weighted by atomic mass is 9.82. The quantitative estimate of drug-likeness (QED) is 0.458. The van der Waals surface area contributed by atoms with Crippen molar-refractivity contribution in [2.24, 2.45) is 5.92 Å². The third kappa shape index (κ3) is 5.24. The molecule has 0 spiro atoms. The number of hydrogen-bond donors (Lipinski definition) is 3. The summed E-state index contributed by atoms with van der Waals surface area (Å²) in [7, 11) is 0. The molecule has 2 fully saturated rings. The summed E-state index contributed by atoms with van der Waals surface area (Å²) in [6.45, 7) is 1.77. The van der Waals surface area contributed by atoms with Crippen molar-refractivity contribution in [2.45, 2.75) is 37.0 Å². The van der Waals surface area contributed by atoms with Gasteiger partial charge in [0.2, 0.25) is 5.95 Å². The number of anilines is 3. The summed E-state index contributed by atoms with van der Waals surface area (Å²) in [5, 5.41) is 9.98. The molecule has 1 aliphatic carbocycles. The second-order valence-electron chi connectivity index (χ2n) is 8.56. The summed E-state index contributed by atoms with van der Waals surface area (Å²) in [6.07, 6.45) is 6.62. The maximum absolute atomic E-state index is 13.5. The third-order valence-corrected chi connectivity index (χ3v) is 7.80. The summed E-state index contributed by atoms with van der Waals surface area (Å²) >= 11 is 7.68. The average molecular weight is 502 g/mol. The number of halogens is 2. The zero-order valence-electron chi connectivity index (χ0n) is 18.4. The third-order valence-electron chi connectivity index (χ3n) is 6.27. The van der Waals surface area contributed by atoms with Crippen LogP contribution in [0.15, 0.2) is 30.7 Å². The fourth-order valence-electron chi connectivity index (χ4n) is 4.44. The van der Waals surface area contributed by atoms with Crippen molar-refractivity contribution in [1.82, 2.24) is 25.3 Å². The Hall–Kier alpha value is -2.56. The van der Waals surface area contributed by atoms with E-state index in [0.29, 0.717) is 34.3 Å². The molecule has 1 aromatic carbocycles. The molecule has 3 heterocycles. The molecule has 5 rings (SSSR count). The number of carbonyl (C=O) groups excluding carboxylic acids is 1. The molecule has 2 aliphatic rings. The number of ketones is 1. The highest BCUT2D eigenvalue weighted by atomic mass is 35.5. The summed E-state index contributed by atoms with van der Waals surface area (Å²) < 4.78 is 13.5. The molecule has 178 valence electrons. The van der Waals surface area contributed by atoms with Gasteiger partial charge in [-0.1, -0.05) is 11.6 Å². The van der Waals surface area contributed by atoms with Crippen LogP contribution in [-0.2, 0) is 4.79 Å². The zero-order chi connectivity index (χ0) is 23.5. The number of aromatic nitrogens is 4. The molecule has 0 bridgehead atoms. The maximum Gasteiger partial charge on any atom is 0.223 e. The van der Waals surface area contributed by atoms with Crippen LogP contribution in [0.3, 0.4) is 0 Å². The molecule has 0 amide bonds. The highest BCUT2D eigenvalue weighted by Crippen LogP contribution is 2.31. The Morgan fingerprint density at radius 2 is 2.03 bits per heavy atom. The Morgan fingerprint density at radius 3 is 2.79 bits per heavy atom. The van der Waals surface area contributed by atoms with Crippen molar-refractivity contribution in [3.8, 4) is 0 Å². The number of rotatable bonds is 6. The van der Waals surface area contributed by atoms with Crippen LogP contribution < -0.4 is 16.0 Å². The maximum atomic E-state index is 13.5. The molecular weight excluding hydrogens is 477 g/mol. The molecule has 3 aromatic rings. The molecule has 0 radical (unpaired) electrons. The average Bonchev–Trinajstić information content (AvgIpc) is 2.87. The minimum Gasteiger partial charge on any atom is -0.351 e. The van der Waals surface area contributed by atoms with E-state index in [1.165, 1.54) is 18.5 Å². The Bertz CT molecular complexity index is 1190.